The lowest BCUT2D eigenvalue weighted by atomic mass is 9.84. The summed E-state index contributed by atoms with van der Waals surface area (Å²) in [5.41, 5.74) is 4.49. The first-order valence-electron chi connectivity index (χ1n) is 13.3. The molecule has 0 heterocycles. The zero-order chi connectivity index (χ0) is 26.7. The summed E-state index contributed by atoms with van der Waals surface area (Å²) in [7, 11) is 5.63. The van der Waals surface area contributed by atoms with E-state index in [9.17, 15) is 4.79 Å². The van der Waals surface area contributed by atoms with E-state index < -0.39 is 0 Å². The van der Waals surface area contributed by atoms with Crippen molar-refractivity contribution in [3.63, 3.8) is 0 Å². The van der Waals surface area contributed by atoms with Crippen molar-refractivity contribution in [3.05, 3.63) is 90.0 Å². The lowest BCUT2D eigenvalue weighted by Crippen LogP contribution is -2.19. The zero-order valence-electron chi connectivity index (χ0n) is 22.6. The van der Waals surface area contributed by atoms with Crippen LogP contribution in [0.2, 0.25) is 0 Å². The molecule has 0 saturated heterocycles. The van der Waals surface area contributed by atoms with Crippen LogP contribution in [0.25, 0.3) is 11.1 Å². The fourth-order valence-electron chi connectivity index (χ4n) is 4.84. The van der Waals surface area contributed by atoms with Gasteiger partial charge in [-0.3, -0.25) is 4.79 Å². The van der Waals surface area contributed by atoms with Gasteiger partial charge < -0.3 is 24.4 Å². The molecule has 0 aromatic heterocycles. The summed E-state index contributed by atoms with van der Waals surface area (Å²) in [5.74, 6) is 1.68. The van der Waals surface area contributed by atoms with Crippen LogP contribution >= 0.6 is 0 Å². The van der Waals surface area contributed by atoms with Gasteiger partial charge in [0, 0.05) is 19.3 Å². The molecule has 1 N–H and O–H groups in total. The summed E-state index contributed by atoms with van der Waals surface area (Å²) in [6, 6.07) is 25.6. The number of hydrogen-bond acceptors (Lipinski definition) is 5. The van der Waals surface area contributed by atoms with E-state index in [4.69, 9.17) is 14.2 Å². The van der Waals surface area contributed by atoms with E-state index >= 15 is 0 Å². The molecule has 6 nitrogen and oxygen atoms in total. The number of rotatable bonds is 12. The highest BCUT2D eigenvalue weighted by molar-refractivity contribution is 6.31. The fraction of sp³-hybridized carbons (Fsp3) is 0.344. The molecule has 1 aliphatic rings. The minimum absolute atomic E-state index is 0.123. The van der Waals surface area contributed by atoms with Crippen molar-refractivity contribution < 1.29 is 19.0 Å². The third-order valence-electron chi connectivity index (χ3n) is 6.75. The number of ether oxygens (including phenoxy) is 3. The highest BCUT2D eigenvalue weighted by Gasteiger charge is 2.27. The Balaban J connectivity index is 1.67. The molecule has 1 aliphatic carbocycles. The number of methoxy groups -OCH3 is 1. The van der Waals surface area contributed by atoms with Crippen LogP contribution in [0.1, 0.15) is 36.8 Å². The number of hydrogen-bond donors (Lipinski definition) is 1. The number of likely N-dealkylation sites (N-methyl/N-ethyl adjacent to an activating group) is 1. The summed E-state index contributed by atoms with van der Waals surface area (Å²) in [5, 5.41) is 3.15. The maximum Gasteiger partial charge on any atom is 0.256 e. The molecule has 0 aliphatic heterocycles. The quantitative estimate of drug-likeness (QED) is 0.173. The number of carbonyl (C=O) groups is 1. The molecule has 1 amide bonds. The molecule has 0 bridgehead atoms. The first-order chi connectivity index (χ1) is 18.5. The van der Waals surface area contributed by atoms with Gasteiger partial charge in [-0.15, -0.1) is 0 Å². The molecule has 1 saturated carbocycles. The van der Waals surface area contributed by atoms with Gasteiger partial charge in [-0.1, -0.05) is 55.3 Å². The molecule has 6 heteroatoms. The highest BCUT2D eigenvalue weighted by Crippen LogP contribution is 2.41. The average Bonchev–Trinajstić information content (AvgIpc) is 3.46. The van der Waals surface area contributed by atoms with Gasteiger partial charge in [0.15, 0.2) is 6.79 Å². The van der Waals surface area contributed by atoms with Crippen LogP contribution in [0.4, 0.5) is 5.69 Å². The van der Waals surface area contributed by atoms with Crippen molar-refractivity contribution in [1.29, 1.82) is 0 Å². The average molecular weight is 515 g/mol. The van der Waals surface area contributed by atoms with E-state index in [2.05, 4.69) is 22.3 Å². The largest absolute Gasteiger partial charge is 0.492 e. The number of anilines is 1. The SMILES string of the molecule is COCOc1ccc(/C(C(=O)Nc2ccc(OCCN(C)C)cc2)=C(\c2ccccc2)C2CCCC2)cc1. The van der Waals surface area contributed by atoms with E-state index in [0.29, 0.717) is 23.8 Å². The lowest BCUT2D eigenvalue weighted by molar-refractivity contribution is -0.111. The van der Waals surface area contributed by atoms with Crippen molar-refractivity contribution >= 4 is 22.7 Å². The number of allylic oxidation sites excluding steroid dienone is 1. The van der Waals surface area contributed by atoms with Crippen molar-refractivity contribution in [2.75, 3.05) is 46.5 Å². The Morgan fingerprint density at radius 3 is 2.11 bits per heavy atom. The van der Waals surface area contributed by atoms with E-state index in [1.807, 2.05) is 80.8 Å². The van der Waals surface area contributed by atoms with E-state index in [1.54, 1.807) is 7.11 Å². The summed E-state index contributed by atoms with van der Waals surface area (Å²) in [6.07, 6.45) is 4.51. The van der Waals surface area contributed by atoms with Crippen molar-refractivity contribution in [1.82, 2.24) is 4.90 Å². The Hall–Kier alpha value is -3.61. The smallest absolute Gasteiger partial charge is 0.256 e. The van der Waals surface area contributed by atoms with Crippen LogP contribution in [0, 0.1) is 5.92 Å². The van der Waals surface area contributed by atoms with Gasteiger partial charge in [-0.25, -0.2) is 0 Å². The summed E-state index contributed by atoms with van der Waals surface area (Å²) in [6.45, 7) is 1.62. The molecule has 0 spiro atoms. The Labute approximate surface area is 226 Å². The summed E-state index contributed by atoms with van der Waals surface area (Å²) < 4.78 is 16.4. The van der Waals surface area contributed by atoms with Gasteiger partial charge in [0.05, 0.1) is 5.57 Å². The topological polar surface area (TPSA) is 60.0 Å². The molecule has 38 heavy (non-hydrogen) atoms. The summed E-state index contributed by atoms with van der Waals surface area (Å²) >= 11 is 0. The fourth-order valence-corrected chi connectivity index (χ4v) is 4.84. The Kier molecular flexibility index (Phi) is 9.96. The maximum absolute atomic E-state index is 14.0. The second kappa shape index (κ2) is 13.8. The number of amides is 1. The monoisotopic (exact) mass is 514 g/mol. The van der Waals surface area contributed by atoms with Crippen LogP contribution in [0.5, 0.6) is 11.5 Å². The molecule has 3 aromatic rings. The van der Waals surface area contributed by atoms with Crippen LogP contribution in [0.15, 0.2) is 78.9 Å². The maximum atomic E-state index is 14.0. The van der Waals surface area contributed by atoms with Crippen LogP contribution < -0.4 is 14.8 Å². The Morgan fingerprint density at radius 2 is 1.47 bits per heavy atom. The molecule has 0 atom stereocenters. The van der Waals surface area contributed by atoms with Crippen LogP contribution in [0.3, 0.4) is 0 Å². The van der Waals surface area contributed by atoms with Crippen LogP contribution in [-0.4, -0.2) is 52.0 Å². The number of nitrogens with zero attached hydrogens (tertiary/aromatic N) is 1. The normalized spacial score (nSPS) is 14.3. The second-order valence-corrected chi connectivity index (χ2v) is 9.84. The van der Waals surface area contributed by atoms with E-state index in [0.717, 1.165) is 47.5 Å². The molecular weight excluding hydrogens is 476 g/mol. The zero-order valence-corrected chi connectivity index (χ0v) is 22.6. The molecular formula is C32H38N2O4. The van der Waals surface area contributed by atoms with E-state index in [-0.39, 0.29) is 12.7 Å². The minimum atomic E-state index is -0.123. The number of nitrogens with one attached hydrogen (secondary N) is 1. The van der Waals surface area contributed by atoms with Gasteiger partial charge in [0.25, 0.3) is 5.91 Å². The minimum Gasteiger partial charge on any atom is -0.492 e. The third kappa shape index (κ3) is 7.46. The van der Waals surface area contributed by atoms with Gasteiger partial charge in [0.2, 0.25) is 0 Å². The lowest BCUT2D eigenvalue weighted by Gasteiger charge is -2.22. The van der Waals surface area contributed by atoms with Gasteiger partial charge >= 0.3 is 0 Å². The van der Waals surface area contributed by atoms with Crippen molar-refractivity contribution in [2.45, 2.75) is 25.7 Å². The third-order valence-corrected chi connectivity index (χ3v) is 6.75. The number of carbonyl (C=O) groups excluding carboxylic acids is 1. The highest BCUT2D eigenvalue weighted by atomic mass is 16.7. The molecule has 1 fully saturated rings. The molecule has 0 radical (unpaired) electrons. The summed E-state index contributed by atoms with van der Waals surface area (Å²) in [4.78, 5) is 16.1. The molecule has 3 aromatic carbocycles. The molecule has 0 unspecified atom stereocenters. The molecule has 4 rings (SSSR count). The van der Waals surface area contributed by atoms with Gasteiger partial charge in [0.1, 0.15) is 18.1 Å². The standard InChI is InChI=1S/C32H38N2O4/c1-34(2)21-22-37-28-19-15-27(16-20-28)33-32(35)31(26-13-17-29(18-14-26)38-23-36-3)30(25-11-7-8-12-25)24-9-5-4-6-10-24/h4-6,9-10,13-20,25H,7-8,11-12,21-23H2,1-3H3,(H,33,35)/b31-30-. The van der Waals surface area contributed by atoms with Crippen molar-refractivity contribution in [2.24, 2.45) is 5.92 Å². The predicted molar refractivity (Wildman–Crippen MR) is 153 cm³/mol. The first-order valence-corrected chi connectivity index (χ1v) is 13.3. The predicted octanol–water partition coefficient (Wildman–Crippen LogP) is 6.35. The van der Waals surface area contributed by atoms with Gasteiger partial charge in [-0.05, 0) is 86.0 Å². The first kappa shape index (κ1) is 27.4. The Morgan fingerprint density at radius 1 is 0.842 bits per heavy atom. The van der Waals surface area contributed by atoms with E-state index in [1.165, 1.54) is 12.8 Å². The number of benzene rings is 3. The van der Waals surface area contributed by atoms with Crippen LogP contribution in [-0.2, 0) is 9.53 Å². The Bertz CT molecular complexity index is 1180. The molecule has 200 valence electrons. The van der Waals surface area contributed by atoms with Gasteiger partial charge in [-0.2, -0.15) is 0 Å². The second-order valence-electron chi connectivity index (χ2n) is 9.84. The van der Waals surface area contributed by atoms with Crippen molar-refractivity contribution in [3.8, 4) is 11.5 Å².